The molecule has 0 spiro atoms. The third kappa shape index (κ3) is 14.4. The van der Waals surface area contributed by atoms with Gasteiger partial charge in [-0.1, -0.05) is 130 Å². The maximum atomic E-state index is 12.8. The van der Waals surface area contributed by atoms with E-state index in [0.717, 1.165) is 51.4 Å². The second-order valence-corrected chi connectivity index (χ2v) is 11.1. The molecule has 200 valence electrons. The SMILES string of the molecule is CCCCCCCCCC(C)C(=O)N[C@@H]1CCCC[C@H]1NC(=O)C(C)CCCCCCCCC. The summed E-state index contributed by atoms with van der Waals surface area (Å²) in [5.74, 6) is 0.469. The molecular formula is C30H58N2O2. The lowest BCUT2D eigenvalue weighted by molar-refractivity contribution is -0.128. The van der Waals surface area contributed by atoms with Gasteiger partial charge in [0.15, 0.2) is 0 Å². The monoisotopic (exact) mass is 478 g/mol. The van der Waals surface area contributed by atoms with Gasteiger partial charge in [0, 0.05) is 23.9 Å². The third-order valence-corrected chi connectivity index (χ3v) is 7.80. The van der Waals surface area contributed by atoms with Crippen LogP contribution in [0.15, 0.2) is 0 Å². The Morgan fingerprint density at radius 2 is 0.912 bits per heavy atom. The van der Waals surface area contributed by atoms with Crippen LogP contribution in [0.1, 0.15) is 156 Å². The van der Waals surface area contributed by atoms with Crippen LogP contribution in [0.25, 0.3) is 0 Å². The van der Waals surface area contributed by atoms with Gasteiger partial charge in [0.05, 0.1) is 0 Å². The topological polar surface area (TPSA) is 58.2 Å². The average molecular weight is 479 g/mol. The molecule has 0 saturated heterocycles. The van der Waals surface area contributed by atoms with E-state index in [1.807, 2.05) is 0 Å². The second kappa shape index (κ2) is 20.2. The number of nitrogens with one attached hydrogen (secondary N) is 2. The highest BCUT2D eigenvalue weighted by Gasteiger charge is 2.29. The van der Waals surface area contributed by atoms with E-state index in [4.69, 9.17) is 0 Å². The molecule has 0 aromatic rings. The molecule has 1 fully saturated rings. The number of hydrogen-bond donors (Lipinski definition) is 2. The predicted octanol–water partition coefficient (Wildman–Crippen LogP) is 8.08. The van der Waals surface area contributed by atoms with Gasteiger partial charge in [-0.3, -0.25) is 9.59 Å². The standard InChI is InChI=1S/C30H58N2O2/c1-5-7-9-11-13-15-17-21-25(3)29(33)31-27-23-19-20-24-28(27)32-30(34)26(4)22-18-16-14-12-10-8-6-2/h25-28H,5-24H2,1-4H3,(H,31,33)(H,32,34)/t25?,26?,27-,28-/m1/s1. The second-order valence-electron chi connectivity index (χ2n) is 11.1. The van der Waals surface area contributed by atoms with Gasteiger partial charge in [0.1, 0.15) is 0 Å². The summed E-state index contributed by atoms with van der Waals surface area (Å²) in [5.41, 5.74) is 0. The molecule has 4 heteroatoms. The summed E-state index contributed by atoms with van der Waals surface area (Å²) in [7, 11) is 0. The van der Waals surface area contributed by atoms with E-state index >= 15 is 0 Å². The van der Waals surface area contributed by atoms with E-state index in [2.05, 4.69) is 38.3 Å². The lowest BCUT2D eigenvalue weighted by Crippen LogP contribution is -2.54. The summed E-state index contributed by atoms with van der Waals surface area (Å²) in [4.78, 5) is 25.7. The van der Waals surface area contributed by atoms with E-state index in [1.54, 1.807) is 0 Å². The molecule has 1 aliphatic rings. The molecule has 1 aliphatic carbocycles. The zero-order valence-corrected chi connectivity index (χ0v) is 23.3. The van der Waals surface area contributed by atoms with Crippen molar-refractivity contribution >= 4 is 11.8 Å². The van der Waals surface area contributed by atoms with Crippen molar-refractivity contribution in [2.75, 3.05) is 0 Å². The van der Waals surface area contributed by atoms with E-state index in [-0.39, 0.29) is 35.7 Å². The zero-order chi connectivity index (χ0) is 25.0. The van der Waals surface area contributed by atoms with Gasteiger partial charge in [-0.15, -0.1) is 0 Å². The first-order chi connectivity index (χ1) is 16.5. The number of carbonyl (C=O) groups excluding carboxylic acids is 2. The van der Waals surface area contributed by atoms with Crippen LogP contribution in [-0.4, -0.2) is 23.9 Å². The molecule has 4 atom stereocenters. The van der Waals surface area contributed by atoms with Crippen LogP contribution in [0, 0.1) is 11.8 Å². The smallest absolute Gasteiger partial charge is 0.223 e. The van der Waals surface area contributed by atoms with Crippen molar-refractivity contribution in [3.8, 4) is 0 Å². The number of carbonyl (C=O) groups is 2. The Bertz CT molecular complexity index is 476. The minimum absolute atomic E-state index is 0.0603. The lowest BCUT2D eigenvalue weighted by Gasteiger charge is -2.34. The van der Waals surface area contributed by atoms with Gasteiger partial charge in [-0.25, -0.2) is 0 Å². The van der Waals surface area contributed by atoms with Crippen LogP contribution in [0.2, 0.25) is 0 Å². The van der Waals surface area contributed by atoms with Crippen LogP contribution < -0.4 is 10.6 Å². The fraction of sp³-hybridized carbons (Fsp3) is 0.933. The van der Waals surface area contributed by atoms with Crippen molar-refractivity contribution in [2.24, 2.45) is 11.8 Å². The molecule has 0 aliphatic heterocycles. The van der Waals surface area contributed by atoms with E-state index in [9.17, 15) is 9.59 Å². The molecule has 4 nitrogen and oxygen atoms in total. The Morgan fingerprint density at radius 3 is 1.26 bits per heavy atom. The summed E-state index contributed by atoms with van der Waals surface area (Å²) < 4.78 is 0. The van der Waals surface area contributed by atoms with Crippen molar-refractivity contribution in [1.82, 2.24) is 10.6 Å². The van der Waals surface area contributed by atoms with Gasteiger partial charge in [-0.05, 0) is 25.7 Å². The molecule has 0 aromatic heterocycles. The highest BCUT2D eigenvalue weighted by molar-refractivity contribution is 5.80. The van der Waals surface area contributed by atoms with Gasteiger partial charge in [0.2, 0.25) is 11.8 Å². The van der Waals surface area contributed by atoms with Crippen LogP contribution in [0.5, 0.6) is 0 Å². The highest BCUT2D eigenvalue weighted by atomic mass is 16.2. The quantitative estimate of drug-likeness (QED) is 0.174. The van der Waals surface area contributed by atoms with Crippen LogP contribution >= 0.6 is 0 Å². The number of unbranched alkanes of at least 4 members (excludes halogenated alkanes) is 12. The van der Waals surface area contributed by atoms with E-state index < -0.39 is 0 Å². The van der Waals surface area contributed by atoms with E-state index in [0.29, 0.717) is 0 Å². The van der Waals surface area contributed by atoms with Gasteiger partial charge < -0.3 is 10.6 Å². The lowest BCUT2D eigenvalue weighted by atomic mass is 9.89. The predicted molar refractivity (Wildman–Crippen MR) is 146 cm³/mol. The van der Waals surface area contributed by atoms with Gasteiger partial charge in [-0.2, -0.15) is 0 Å². The molecule has 34 heavy (non-hydrogen) atoms. The maximum Gasteiger partial charge on any atom is 0.223 e. The largest absolute Gasteiger partial charge is 0.351 e. The van der Waals surface area contributed by atoms with E-state index in [1.165, 1.54) is 77.0 Å². The zero-order valence-electron chi connectivity index (χ0n) is 23.3. The van der Waals surface area contributed by atoms with Crippen molar-refractivity contribution in [3.63, 3.8) is 0 Å². The highest BCUT2D eigenvalue weighted by Crippen LogP contribution is 2.21. The molecule has 2 unspecified atom stereocenters. The Balaban J connectivity index is 2.29. The molecule has 1 saturated carbocycles. The first-order valence-corrected chi connectivity index (χ1v) is 15.1. The van der Waals surface area contributed by atoms with Gasteiger partial charge in [0.25, 0.3) is 0 Å². The Labute approximate surface area is 212 Å². The van der Waals surface area contributed by atoms with Gasteiger partial charge >= 0.3 is 0 Å². The van der Waals surface area contributed by atoms with Crippen molar-refractivity contribution in [3.05, 3.63) is 0 Å². The molecule has 2 N–H and O–H groups in total. The fourth-order valence-corrected chi connectivity index (χ4v) is 5.20. The minimum atomic E-state index is 0.0603. The maximum absolute atomic E-state index is 12.8. The summed E-state index contributed by atoms with van der Waals surface area (Å²) in [5, 5.41) is 6.61. The summed E-state index contributed by atoms with van der Waals surface area (Å²) in [6.45, 7) is 8.63. The first-order valence-electron chi connectivity index (χ1n) is 15.1. The molecular weight excluding hydrogens is 420 g/mol. The van der Waals surface area contributed by atoms with Crippen molar-refractivity contribution < 1.29 is 9.59 Å². The summed E-state index contributed by atoms with van der Waals surface area (Å²) in [6, 6.07) is 0.180. The molecule has 0 heterocycles. The number of amides is 2. The molecule has 1 rings (SSSR count). The summed E-state index contributed by atoms with van der Waals surface area (Å²) >= 11 is 0. The molecule has 0 aromatic carbocycles. The minimum Gasteiger partial charge on any atom is -0.351 e. The third-order valence-electron chi connectivity index (χ3n) is 7.80. The number of hydrogen-bond acceptors (Lipinski definition) is 2. The van der Waals surface area contributed by atoms with Crippen molar-refractivity contribution in [2.45, 2.75) is 168 Å². The van der Waals surface area contributed by atoms with Crippen LogP contribution in [0.4, 0.5) is 0 Å². The summed E-state index contributed by atoms with van der Waals surface area (Å²) in [6.07, 6.45) is 24.1. The van der Waals surface area contributed by atoms with Crippen LogP contribution in [0.3, 0.4) is 0 Å². The average Bonchev–Trinajstić information content (AvgIpc) is 2.83. The van der Waals surface area contributed by atoms with Crippen LogP contribution in [-0.2, 0) is 9.59 Å². The first kappa shape index (κ1) is 31.0. The normalized spacial score (nSPS) is 20.0. The van der Waals surface area contributed by atoms with Crippen molar-refractivity contribution in [1.29, 1.82) is 0 Å². The fourth-order valence-electron chi connectivity index (χ4n) is 5.20. The molecule has 2 amide bonds. The molecule has 0 radical (unpaired) electrons. The Hall–Kier alpha value is -1.06. The number of rotatable bonds is 20. The Morgan fingerprint density at radius 1 is 0.588 bits per heavy atom. The molecule has 0 bridgehead atoms. The Kier molecular flexibility index (Phi) is 18.4.